The minimum Gasteiger partial charge on any atom is -0.256 e. The van der Waals surface area contributed by atoms with Gasteiger partial charge in [0.1, 0.15) is 5.15 Å². The van der Waals surface area contributed by atoms with Crippen molar-refractivity contribution in [2.45, 2.75) is 6.92 Å². The van der Waals surface area contributed by atoms with Gasteiger partial charge in [0.05, 0.1) is 5.69 Å². The first kappa shape index (κ1) is 9.81. The molecule has 0 unspecified atom stereocenters. The Balaban J connectivity index is 3.22. The van der Waals surface area contributed by atoms with Gasteiger partial charge in [0.25, 0.3) is 0 Å². The molecule has 0 radical (unpaired) electrons. The van der Waals surface area contributed by atoms with E-state index < -0.39 is 0 Å². The van der Waals surface area contributed by atoms with E-state index in [-0.39, 0.29) is 0 Å². The molecule has 1 aromatic rings. The van der Waals surface area contributed by atoms with Crippen LogP contribution in [0.1, 0.15) is 11.3 Å². The van der Waals surface area contributed by atoms with Crippen LogP contribution in [0.4, 0.5) is 0 Å². The number of rotatable bonds is 2. The van der Waals surface area contributed by atoms with Crippen LogP contribution in [-0.4, -0.2) is 15.1 Å². The van der Waals surface area contributed by atoms with Gasteiger partial charge in [-0.25, -0.2) is 0 Å². The fourth-order valence-corrected chi connectivity index (χ4v) is 1.69. The molecule has 2 nitrogen and oxygen atoms in total. The molecule has 0 N–H and O–H groups in total. The second kappa shape index (κ2) is 3.62. The average molecular weight is 250 g/mol. The lowest BCUT2D eigenvalue weighted by molar-refractivity contribution is 0.757. The van der Waals surface area contributed by atoms with Crippen molar-refractivity contribution in [2.24, 2.45) is 7.05 Å². The van der Waals surface area contributed by atoms with Gasteiger partial charge in [-0.15, -0.1) is 0 Å². The van der Waals surface area contributed by atoms with E-state index in [0.717, 1.165) is 22.2 Å². The second-order valence-electron chi connectivity index (χ2n) is 2.61. The van der Waals surface area contributed by atoms with E-state index in [4.69, 9.17) is 11.6 Å². The Bertz CT molecular complexity index is 317. The van der Waals surface area contributed by atoms with Gasteiger partial charge < -0.3 is 0 Å². The maximum absolute atomic E-state index is 6.01. The third-order valence-electron chi connectivity index (χ3n) is 1.67. The fourth-order valence-electron chi connectivity index (χ4n) is 1.10. The standard InChI is InChI=1S/C8H10BrClN2/c1-5(4-9)7-6(2)11-12(3)8(7)10/h1,4H2,2-3H3. The Kier molecular flexibility index (Phi) is 2.96. The van der Waals surface area contributed by atoms with Gasteiger partial charge in [-0.2, -0.15) is 5.10 Å². The van der Waals surface area contributed by atoms with Crippen molar-refractivity contribution >= 4 is 33.1 Å². The highest BCUT2D eigenvalue weighted by Crippen LogP contribution is 2.26. The molecule has 0 atom stereocenters. The minimum absolute atomic E-state index is 0.650. The second-order valence-corrected chi connectivity index (χ2v) is 3.53. The molecule has 0 spiro atoms. The maximum Gasteiger partial charge on any atom is 0.134 e. The molecule has 0 aromatic carbocycles. The van der Waals surface area contributed by atoms with Crippen LogP contribution in [0.25, 0.3) is 5.57 Å². The summed E-state index contributed by atoms with van der Waals surface area (Å²) < 4.78 is 1.65. The highest BCUT2D eigenvalue weighted by molar-refractivity contribution is 9.09. The Labute approximate surface area is 85.3 Å². The number of alkyl halides is 1. The number of nitrogens with zero attached hydrogens (tertiary/aromatic N) is 2. The normalized spacial score (nSPS) is 10.3. The van der Waals surface area contributed by atoms with Crippen molar-refractivity contribution in [3.63, 3.8) is 0 Å². The summed E-state index contributed by atoms with van der Waals surface area (Å²) in [7, 11) is 1.82. The fraction of sp³-hybridized carbons (Fsp3) is 0.375. The molecular formula is C8H10BrClN2. The third kappa shape index (κ3) is 1.57. The molecule has 1 heterocycles. The molecule has 0 aliphatic heterocycles. The summed E-state index contributed by atoms with van der Waals surface area (Å²) in [5, 5.41) is 5.55. The topological polar surface area (TPSA) is 17.8 Å². The lowest BCUT2D eigenvalue weighted by Crippen LogP contribution is -1.89. The Morgan fingerprint density at radius 1 is 1.75 bits per heavy atom. The van der Waals surface area contributed by atoms with Crippen LogP contribution >= 0.6 is 27.5 Å². The van der Waals surface area contributed by atoms with Crippen molar-refractivity contribution in [1.82, 2.24) is 9.78 Å². The van der Waals surface area contributed by atoms with Gasteiger partial charge in [-0.3, -0.25) is 4.68 Å². The summed E-state index contributed by atoms with van der Waals surface area (Å²) in [6, 6.07) is 0. The van der Waals surface area contributed by atoms with Crippen LogP contribution < -0.4 is 0 Å². The van der Waals surface area contributed by atoms with Gasteiger partial charge in [-0.05, 0) is 12.5 Å². The van der Waals surface area contributed by atoms with Gasteiger partial charge >= 0.3 is 0 Å². The Morgan fingerprint density at radius 2 is 2.33 bits per heavy atom. The quantitative estimate of drug-likeness (QED) is 0.737. The van der Waals surface area contributed by atoms with Gasteiger partial charge in [-0.1, -0.05) is 34.1 Å². The molecule has 0 saturated heterocycles. The predicted octanol–water partition coefficient (Wildman–Crippen LogP) is 2.79. The van der Waals surface area contributed by atoms with Gasteiger partial charge in [0, 0.05) is 17.9 Å². The van der Waals surface area contributed by atoms with Gasteiger partial charge in [0.15, 0.2) is 0 Å². The average Bonchev–Trinajstić information content (AvgIpc) is 2.26. The highest BCUT2D eigenvalue weighted by Gasteiger charge is 2.12. The zero-order valence-corrected chi connectivity index (χ0v) is 9.41. The molecule has 1 aromatic heterocycles. The van der Waals surface area contributed by atoms with Crippen LogP contribution in [0.5, 0.6) is 0 Å². The number of halogens is 2. The van der Waals surface area contributed by atoms with E-state index in [1.165, 1.54) is 0 Å². The van der Waals surface area contributed by atoms with Crippen LogP contribution in [0.3, 0.4) is 0 Å². The summed E-state index contributed by atoms with van der Waals surface area (Å²) >= 11 is 9.34. The van der Waals surface area contributed by atoms with Crippen molar-refractivity contribution in [1.29, 1.82) is 0 Å². The number of aromatic nitrogens is 2. The lowest BCUT2D eigenvalue weighted by atomic mass is 10.1. The largest absolute Gasteiger partial charge is 0.256 e. The molecule has 0 aliphatic carbocycles. The summed E-state index contributed by atoms with van der Waals surface area (Å²) in [4.78, 5) is 0. The minimum atomic E-state index is 0.650. The summed E-state index contributed by atoms with van der Waals surface area (Å²) in [5.41, 5.74) is 2.84. The molecule has 0 fully saturated rings. The van der Waals surface area contributed by atoms with Crippen molar-refractivity contribution in [3.05, 3.63) is 23.0 Å². The molecule has 12 heavy (non-hydrogen) atoms. The molecule has 1 rings (SSSR count). The van der Waals surface area contributed by atoms with Crippen LogP contribution in [-0.2, 0) is 7.05 Å². The SMILES string of the molecule is C=C(CBr)c1c(C)nn(C)c1Cl. The zero-order valence-electron chi connectivity index (χ0n) is 7.06. The Hall–Kier alpha value is -0.280. The maximum atomic E-state index is 6.01. The first-order valence-electron chi connectivity index (χ1n) is 3.51. The van der Waals surface area contributed by atoms with Crippen LogP contribution in [0, 0.1) is 6.92 Å². The number of hydrogen-bond donors (Lipinski definition) is 0. The van der Waals surface area contributed by atoms with Crippen molar-refractivity contribution in [2.75, 3.05) is 5.33 Å². The van der Waals surface area contributed by atoms with E-state index in [2.05, 4.69) is 27.6 Å². The molecule has 0 saturated carbocycles. The van der Waals surface area contributed by atoms with E-state index in [9.17, 15) is 0 Å². The van der Waals surface area contributed by atoms with Crippen LogP contribution in [0.15, 0.2) is 6.58 Å². The lowest BCUT2D eigenvalue weighted by Gasteiger charge is -1.99. The first-order chi connectivity index (χ1) is 5.57. The summed E-state index contributed by atoms with van der Waals surface area (Å²) in [6.45, 7) is 5.82. The molecule has 0 bridgehead atoms. The number of hydrogen-bond acceptors (Lipinski definition) is 1. The third-order valence-corrected chi connectivity index (χ3v) is 2.78. The van der Waals surface area contributed by atoms with E-state index in [1.54, 1.807) is 4.68 Å². The zero-order chi connectivity index (χ0) is 9.30. The van der Waals surface area contributed by atoms with E-state index >= 15 is 0 Å². The Morgan fingerprint density at radius 3 is 2.67 bits per heavy atom. The van der Waals surface area contributed by atoms with Gasteiger partial charge in [0.2, 0.25) is 0 Å². The molecule has 0 aliphatic rings. The van der Waals surface area contributed by atoms with Crippen LogP contribution in [0.2, 0.25) is 5.15 Å². The molecular weight excluding hydrogens is 239 g/mol. The highest BCUT2D eigenvalue weighted by atomic mass is 79.9. The van der Waals surface area contributed by atoms with Crippen molar-refractivity contribution < 1.29 is 0 Å². The molecule has 66 valence electrons. The predicted molar refractivity (Wildman–Crippen MR) is 55.8 cm³/mol. The molecule has 4 heteroatoms. The molecule has 0 amide bonds. The van der Waals surface area contributed by atoms with E-state index in [0.29, 0.717) is 5.15 Å². The monoisotopic (exact) mass is 248 g/mol. The van der Waals surface area contributed by atoms with E-state index in [1.807, 2.05) is 14.0 Å². The first-order valence-corrected chi connectivity index (χ1v) is 5.01. The number of allylic oxidation sites excluding steroid dienone is 1. The summed E-state index contributed by atoms with van der Waals surface area (Å²) in [6.07, 6.45) is 0. The summed E-state index contributed by atoms with van der Waals surface area (Å²) in [5.74, 6) is 0. The smallest absolute Gasteiger partial charge is 0.134 e. The van der Waals surface area contributed by atoms with Crippen molar-refractivity contribution in [3.8, 4) is 0 Å². The number of aryl methyl sites for hydroxylation is 2.